The van der Waals surface area contributed by atoms with Crippen LogP contribution in [-0.2, 0) is 4.79 Å². The number of aliphatic imine (C=N–C) groups is 2. The van der Waals surface area contributed by atoms with Crippen molar-refractivity contribution in [3.63, 3.8) is 0 Å². The predicted molar refractivity (Wildman–Crippen MR) is 83.9 cm³/mol. The van der Waals surface area contributed by atoms with Crippen LogP contribution in [0.3, 0.4) is 0 Å². The Morgan fingerprint density at radius 3 is 2.86 bits per heavy atom. The number of likely N-dealkylation sites (N-methyl/N-ethyl adjacent to an activating group) is 1. The summed E-state index contributed by atoms with van der Waals surface area (Å²) in [6.07, 6.45) is 5.14. The molecule has 0 aromatic carbocycles. The largest absolute Gasteiger partial charge is 0.405 e. The molecule has 7 nitrogen and oxygen atoms in total. The first-order valence-electron chi connectivity index (χ1n) is 6.81. The lowest BCUT2D eigenvalue weighted by atomic mass is 10.1. The Balaban J connectivity index is 2.85. The molecule has 116 valence electrons. The summed E-state index contributed by atoms with van der Waals surface area (Å²) in [6, 6.07) is 0. The second-order valence-electron chi connectivity index (χ2n) is 4.66. The van der Waals surface area contributed by atoms with Crippen molar-refractivity contribution in [1.29, 1.82) is 0 Å². The molecule has 21 heavy (non-hydrogen) atoms. The van der Waals surface area contributed by atoms with Gasteiger partial charge in [0.15, 0.2) is 5.84 Å². The van der Waals surface area contributed by atoms with Crippen LogP contribution in [0.25, 0.3) is 0 Å². The van der Waals surface area contributed by atoms with Crippen LogP contribution in [-0.4, -0.2) is 54.8 Å². The van der Waals surface area contributed by atoms with Crippen molar-refractivity contribution in [2.45, 2.75) is 19.8 Å². The van der Waals surface area contributed by atoms with Crippen molar-refractivity contribution >= 4 is 17.6 Å². The Labute approximate surface area is 124 Å². The zero-order valence-corrected chi connectivity index (χ0v) is 12.8. The number of aliphatic hydroxyl groups is 1. The molecule has 0 aliphatic carbocycles. The molecule has 7 heteroatoms. The highest BCUT2D eigenvalue weighted by Crippen LogP contribution is 2.17. The molecule has 1 heterocycles. The van der Waals surface area contributed by atoms with E-state index in [2.05, 4.69) is 15.3 Å². The van der Waals surface area contributed by atoms with Crippen molar-refractivity contribution in [2.24, 2.45) is 15.7 Å². The lowest BCUT2D eigenvalue weighted by Crippen LogP contribution is -2.41. The summed E-state index contributed by atoms with van der Waals surface area (Å²) < 4.78 is 0. The zero-order valence-electron chi connectivity index (χ0n) is 12.8. The molecule has 0 aromatic heterocycles. The summed E-state index contributed by atoms with van der Waals surface area (Å²) in [4.78, 5) is 22.1. The number of carbonyl (C=O) groups is 1. The number of hydrogen-bond acceptors (Lipinski definition) is 5. The van der Waals surface area contributed by atoms with Gasteiger partial charge in [-0.1, -0.05) is 11.6 Å². The van der Waals surface area contributed by atoms with Gasteiger partial charge in [-0.3, -0.25) is 9.79 Å². The molecule has 1 rings (SSSR count). The molecule has 1 aliphatic heterocycles. The first kappa shape index (κ1) is 16.9. The van der Waals surface area contributed by atoms with Gasteiger partial charge in [-0.15, -0.1) is 0 Å². The van der Waals surface area contributed by atoms with E-state index in [0.717, 1.165) is 18.4 Å². The Morgan fingerprint density at radius 2 is 2.29 bits per heavy atom. The fourth-order valence-electron chi connectivity index (χ4n) is 1.88. The smallest absolute Gasteiger partial charge is 0.287 e. The minimum atomic E-state index is -0.325. The fourth-order valence-corrected chi connectivity index (χ4v) is 1.88. The average Bonchev–Trinajstić information content (AvgIpc) is 2.80. The summed E-state index contributed by atoms with van der Waals surface area (Å²) >= 11 is 0. The molecule has 0 radical (unpaired) electrons. The average molecular weight is 293 g/mol. The minimum Gasteiger partial charge on any atom is -0.405 e. The quantitative estimate of drug-likeness (QED) is 0.641. The maximum absolute atomic E-state index is 11.9. The lowest BCUT2D eigenvalue weighted by molar-refractivity contribution is -0.115. The van der Waals surface area contributed by atoms with E-state index in [1.54, 1.807) is 25.2 Å². The van der Waals surface area contributed by atoms with Gasteiger partial charge < -0.3 is 21.1 Å². The third kappa shape index (κ3) is 4.42. The van der Waals surface area contributed by atoms with Gasteiger partial charge >= 0.3 is 0 Å². The van der Waals surface area contributed by atoms with E-state index in [1.807, 2.05) is 13.0 Å². The number of aliphatic hydroxyl groups excluding tert-OH is 1. The number of amides is 1. The minimum absolute atomic E-state index is 0.106. The van der Waals surface area contributed by atoms with E-state index in [1.165, 1.54) is 0 Å². The van der Waals surface area contributed by atoms with Gasteiger partial charge in [-0.05, 0) is 26.0 Å². The number of hydrogen-bond donors (Lipinski definition) is 3. The first-order valence-corrected chi connectivity index (χ1v) is 6.81. The standard InChI is InChI=1S/C14H23N5O2/c1-10(9-15)5-4-6-11-12(16-2)19(3)13(18-11)14(21)17-7-8-20/h6,9,20H,4-5,7-8,15H2,1-3H3,(H,17,21)/b10-9+,11-6+,16-12+. The fraction of sp³-hybridized carbons (Fsp3) is 0.500. The van der Waals surface area contributed by atoms with Crippen LogP contribution in [0.2, 0.25) is 0 Å². The third-order valence-electron chi connectivity index (χ3n) is 3.06. The van der Waals surface area contributed by atoms with Gasteiger partial charge in [-0.25, -0.2) is 4.99 Å². The van der Waals surface area contributed by atoms with E-state index in [9.17, 15) is 4.79 Å². The van der Waals surface area contributed by atoms with Gasteiger partial charge in [0.1, 0.15) is 5.70 Å². The SMILES string of the molecule is C/N=C1\C(=C/CC/C(C)=C/N)N=C(C(=O)NCCO)N1C. The Morgan fingerprint density at radius 1 is 1.57 bits per heavy atom. The molecule has 0 spiro atoms. The number of nitrogens with one attached hydrogen (secondary N) is 1. The maximum Gasteiger partial charge on any atom is 0.287 e. The molecular formula is C14H23N5O2. The van der Waals surface area contributed by atoms with Crippen LogP contribution in [0.1, 0.15) is 19.8 Å². The summed E-state index contributed by atoms with van der Waals surface area (Å²) in [5.74, 6) is 0.606. The molecule has 0 bridgehead atoms. The second kappa shape index (κ2) is 8.21. The molecule has 0 fully saturated rings. The maximum atomic E-state index is 11.9. The van der Waals surface area contributed by atoms with Gasteiger partial charge in [0, 0.05) is 20.6 Å². The van der Waals surface area contributed by atoms with Gasteiger partial charge in [-0.2, -0.15) is 0 Å². The predicted octanol–water partition coefficient (Wildman–Crippen LogP) is -0.00630. The molecule has 1 amide bonds. The second-order valence-corrected chi connectivity index (χ2v) is 4.66. The zero-order chi connectivity index (χ0) is 15.8. The van der Waals surface area contributed by atoms with E-state index < -0.39 is 0 Å². The van der Waals surface area contributed by atoms with Crippen molar-refractivity contribution in [3.8, 4) is 0 Å². The van der Waals surface area contributed by atoms with Crippen LogP contribution in [0, 0.1) is 0 Å². The van der Waals surface area contributed by atoms with Crippen LogP contribution in [0.5, 0.6) is 0 Å². The molecule has 0 saturated carbocycles. The molecule has 1 aliphatic rings. The van der Waals surface area contributed by atoms with Crippen molar-refractivity contribution < 1.29 is 9.90 Å². The molecule has 0 atom stereocenters. The van der Waals surface area contributed by atoms with Crippen LogP contribution in [0.15, 0.2) is 33.5 Å². The number of rotatable bonds is 6. The number of allylic oxidation sites excluding steroid dienone is 2. The number of nitrogens with zero attached hydrogens (tertiary/aromatic N) is 3. The van der Waals surface area contributed by atoms with E-state index in [-0.39, 0.29) is 24.9 Å². The summed E-state index contributed by atoms with van der Waals surface area (Å²) in [5, 5.41) is 11.3. The highest BCUT2D eigenvalue weighted by atomic mass is 16.3. The van der Waals surface area contributed by atoms with Crippen molar-refractivity contribution in [1.82, 2.24) is 10.2 Å². The molecule has 0 saturated heterocycles. The Kier molecular flexibility index (Phi) is 6.61. The number of amidine groups is 2. The summed E-state index contributed by atoms with van der Waals surface area (Å²) in [5.41, 5.74) is 7.21. The van der Waals surface area contributed by atoms with E-state index in [4.69, 9.17) is 10.8 Å². The van der Waals surface area contributed by atoms with Crippen molar-refractivity contribution in [2.75, 3.05) is 27.2 Å². The highest BCUT2D eigenvalue weighted by molar-refractivity contribution is 6.43. The van der Waals surface area contributed by atoms with Crippen LogP contribution in [0.4, 0.5) is 0 Å². The Hall–Kier alpha value is -2.15. The van der Waals surface area contributed by atoms with Crippen LogP contribution >= 0.6 is 0 Å². The van der Waals surface area contributed by atoms with E-state index >= 15 is 0 Å². The molecule has 0 aromatic rings. The van der Waals surface area contributed by atoms with Gasteiger partial charge in [0.2, 0.25) is 5.84 Å². The van der Waals surface area contributed by atoms with Crippen LogP contribution < -0.4 is 11.1 Å². The number of nitrogens with two attached hydrogens (primary N) is 1. The van der Waals surface area contributed by atoms with Gasteiger partial charge in [0.05, 0.1) is 6.61 Å². The third-order valence-corrected chi connectivity index (χ3v) is 3.06. The lowest BCUT2D eigenvalue weighted by Gasteiger charge is -2.13. The molecule has 4 N–H and O–H groups in total. The highest BCUT2D eigenvalue weighted by Gasteiger charge is 2.28. The summed E-state index contributed by atoms with van der Waals surface area (Å²) in [7, 11) is 3.40. The monoisotopic (exact) mass is 293 g/mol. The normalized spacial score (nSPS) is 19.3. The van der Waals surface area contributed by atoms with Crippen molar-refractivity contribution in [3.05, 3.63) is 23.5 Å². The van der Waals surface area contributed by atoms with E-state index in [0.29, 0.717) is 11.5 Å². The summed E-state index contributed by atoms with van der Waals surface area (Å²) in [6.45, 7) is 2.06. The van der Waals surface area contributed by atoms with Gasteiger partial charge in [0.25, 0.3) is 5.91 Å². The molecular weight excluding hydrogens is 270 g/mol. The first-order chi connectivity index (χ1) is 10.0. The topological polar surface area (TPSA) is 103 Å². The Bertz CT molecular complexity index is 505. The molecule has 0 unspecified atom stereocenters. The number of carbonyl (C=O) groups excluding carboxylic acids is 1.